The van der Waals surface area contributed by atoms with Crippen molar-refractivity contribution in [3.63, 3.8) is 0 Å². The number of pyridine rings is 2. The zero-order chi connectivity index (χ0) is 80.4. The number of fused-ring (bicyclic) bond motifs is 9. The first-order chi connectivity index (χ1) is 55.0. The lowest BCUT2D eigenvalue weighted by atomic mass is 9.91. The Hall–Kier alpha value is -12.7. The highest BCUT2D eigenvalue weighted by atomic mass is 19.4. The van der Waals surface area contributed by atoms with Gasteiger partial charge in [0.2, 0.25) is 0 Å². The molecule has 0 aliphatic rings. The van der Waals surface area contributed by atoms with Crippen LogP contribution in [0.2, 0.25) is 0 Å². The normalized spacial score (nSPS) is 12.0. The number of hydrogen-bond donors (Lipinski definition) is 0. The van der Waals surface area contributed by atoms with Crippen LogP contribution in [0.4, 0.5) is 13.2 Å². The summed E-state index contributed by atoms with van der Waals surface area (Å²) < 4.78 is 58.7. The van der Waals surface area contributed by atoms with Gasteiger partial charge in [-0.3, -0.25) is 9.97 Å². The minimum absolute atomic E-state index is 0.328. The molecule has 0 radical (unpaired) electrons. The van der Waals surface area contributed by atoms with Gasteiger partial charge in [-0.25, -0.2) is 0 Å². The predicted molar refractivity (Wildman–Crippen MR) is 479 cm³/mol. The van der Waals surface area contributed by atoms with Gasteiger partial charge >= 0.3 is 6.18 Å². The Morgan fingerprint density at radius 2 is 0.426 bits per heavy atom. The smallest absolute Gasteiger partial charge is 0.309 e. The van der Waals surface area contributed by atoms with Gasteiger partial charge in [-0.2, -0.15) is 13.2 Å². The molecule has 5 aromatic heterocycles. The van der Waals surface area contributed by atoms with Crippen molar-refractivity contribution in [1.29, 1.82) is 0 Å². The van der Waals surface area contributed by atoms with E-state index in [4.69, 9.17) is 9.97 Å². The Morgan fingerprint density at radius 3 is 0.626 bits per heavy atom. The topological polar surface area (TPSA) is 40.6 Å². The average molecular weight is 1500 g/mol. The van der Waals surface area contributed by atoms with Gasteiger partial charge in [0.25, 0.3) is 0 Å². The van der Waals surface area contributed by atoms with Crippen molar-refractivity contribution in [2.24, 2.45) is 0 Å². The van der Waals surface area contributed by atoms with E-state index in [9.17, 15) is 0 Å². The molecule has 0 bridgehead atoms. The molecule has 8 heteroatoms. The van der Waals surface area contributed by atoms with Gasteiger partial charge in [0, 0.05) is 79.4 Å². The van der Waals surface area contributed by atoms with E-state index < -0.39 is 11.7 Å². The van der Waals surface area contributed by atoms with Crippen LogP contribution >= 0.6 is 0 Å². The van der Waals surface area contributed by atoms with Crippen molar-refractivity contribution in [3.8, 4) is 106 Å². The van der Waals surface area contributed by atoms with Crippen molar-refractivity contribution in [1.82, 2.24) is 23.7 Å². The predicted octanol–water partition coefficient (Wildman–Crippen LogP) is 29.7. The molecule has 18 rings (SSSR count). The average Bonchev–Trinajstić information content (AvgIpc) is 1.46. The second-order valence-electron chi connectivity index (χ2n) is 33.2. The summed E-state index contributed by atoms with van der Waals surface area (Å²) in [5.74, 6) is 0. The fourth-order valence-electron chi connectivity index (χ4n) is 20.6. The van der Waals surface area contributed by atoms with E-state index >= 15 is 13.2 Å². The zero-order valence-corrected chi connectivity index (χ0v) is 68.8. The van der Waals surface area contributed by atoms with Crippen LogP contribution in [-0.4, -0.2) is 23.7 Å². The number of alkyl halides is 3. The summed E-state index contributed by atoms with van der Waals surface area (Å²) in [6, 6.07) is 74.1. The maximum Gasteiger partial charge on any atom is 0.416 e. The zero-order valence-electron chi connectivity index (χ0n) is 68.8. The largest absolute Gasteiger partial charge is 0.416 e. The van der Waals surface area contributed by atoms with Crippen LogP contribution in [0.5, 0.6) is 0 Å². The molecule has 18 aromatic rings. The van der Waals surface area contributed by atoms with Gasteiger partial charge in [0.1, 0.15) is 0 Å². The number of aryl methyl sites for hydroxylation is 18. The van der Waals surface area contributed by atoms with Gasteiger partial charge in [-0.05, 0) is 355 Å². The van der Waals surface area contributed by atoms with E-state index in [-0.39, 0.29) is 0 Å². The minimum atomic E-state index is -4.86. The third-order valence-corrected chi connectivity index (χ3v) is 24.4. The maximum atomic E-state index is 17.3. The number of rotatable bonds is 11. The van der Waals surface area contributed by atoms with E-state index in [0.29, 0.717) is 39.3 Å². The molecule has 566 valence electrons. The summed E-state index contributed by atoms with van der Waals surface area (Å²) in [6.07, 6.45) is 2.27. The van der Waals surface area contributed by atoms with Gasteiger partial charge in [0.05, 0.1) is 55.7 Å². The van der Waals surface area contributed by atoms with Crippen molar-refractivity contribution in [2.75, 3.05) is 0 Å². The van der Waals surface area contributed by atoms with Crippen LogP contribution in [0.1, 0.15) is 106 Å². The number of nitrogens with zero attached hydrogens (tertiary/aromatic N) is 5. The molecule has 13 aromatic carbocycles. The molecule has 0 unspecified atom stereocenters. The fraction of sp³-hybridized carbons (Fsp3) is 0.178. The highest BCUT2D eigenvalue weighted by molar-refractivity contribution is 6.17. The van der Waals surface area contributed by atoms with Crippen molar-refractivity contribution >= 4 is 65.4 Å². The number of aromatic nitrogens is 5. The Balaban J connectivity index is 0.988. The molecule has 0 spiro atoms. The van der Waals surface area contributed by atoms with E-state index in [1.165, 1.54) is 112 Å². The van der Waals surface area contributed by atoms with Gasteiger partial charge in [0.15, 0.2) is 0 Å². The standard InChI is InChI=1S/C107H92F3N5/c1-57-35-63(7)100(64(8)36-57)75-19-25-92-82(47-75)83-48-76(101-65(9)37-58(2)38-66(101)10)20-26-93(83)113(92)98-31-33-111-55-90(98)88-53-81(107(108,109)110)54-89(106(88)115-96-29-23-79(104-71(15)43-61(5)44-72(104)16)51-86(96)87-52-80(24-30-97(87)115)105-73(17)45-62(6)46-74(105)18)91-56-112-34-32-99(91)114-94-27-21-77(102-67(11)39-59(3)40-68(102)12)49-84(94)85-50-78(22-28-95(85)114)103-69(13)41-60(4)42-70(103)14/h19-56H,1-18H3. The van der Waals surface area contributed by atoms with Crippen LogP contribution in [0, 0.1) is 125 Å². The first-order valence-corrected chi connectivity index (χ1v) is 39.9. The van der Waals surface area contributed by atoms with E-state index in [1.54, 1.807) is 24.8 Å². The highest BCUT2D eigenvalue weighted by Gasteiger charge is 2.36. The van der Waals surface area contributed by atoms with Crippen LogP contribution in [0.15, 0.2) is 231 Å². The third-order valence-electron chi connectivity index (χ3n) is 24.4. The van der Waals surface area contributed by atoms with Gasteiger partial charge < -0.3 is 13.7 Å². The summed E-state index contributed by atoms with van der Waals surface area (Å²) in [4.78, 5) is 10.0. The number of benzene rings is 13. The number of hydrogen-bond acceptors (Lipinski definition) is 2. The molecule has 0 aliphatic heterocycles. The molecule has 0 atom stereocenters. The van der Waals surface area contributed by atoms with Crippen LogP contribution in [-0.2, 0) is 6.18 Å². The molecule has 5 nitrogen and oxygen atoms in total. The number of halogens is 3. The summed E-state index contributed by atoms with van der Waals surface area (Å²) in [5, 5.41) is 5.93. The van der Waals surface area contributed by atoms with Gasteiger partial charge in [-0.1, -0.05) is 143 Å². The molecular formula is C107H92F3N5. The molecule has 5 heterocycles. The molecule has 0 N–H and O–H groups in total. The minimum Gasteiger partial charge on any atom is -0.309 e. The summed E-state index contributed by atoms with van der Waals surface area (Å²) in [6.45, 7) is 39.1. The van der Waals surface area contributed by atoms with E-state index in [0.717, 1.165) is 132 Å². The molecule has 0 amide bonds. The highest BCUT2D eigenvalue weighted by Crippen LogP contribution is 2.52. The first kappa shape index (κ1) is 73.8. The Bertz CT molecular complexity index is 6440. The molecule has 0 saturated heterocycles. The van der Waals surface area contributed by atoms with Crippen molar-refractivity contribution in [2.45, 2.75) is 131 Å². The van der Waals surface area contributed by atoms with Crippen LogP contribution in [0.25, 0.3) is 171 Å². The third kappa shape index (κ3) is 12.3. The van der Waals surface area contributed by atoms with Crippen molar-refractivity contribution < 1.29 is 13.2 Å². The molecule has 115 heavy (non-hydrogen) atoms. The lowest BCUT2D eigenvalue weighted by molar-refractivity contribution is -0.137. The molecule has 0 aliphatic carbocycles. The van der Waals surface area contributed by atoms with Crippen LogP contribution < -0.4 is 0 Å². The second-order valence-corrected chi connectivity index (χ2v) is 33.2. The first-order valence-electron chi connectivity index (χ1n) is 39.9. The lowest BCUT2D eigenvalue weighted by Gasteiger charge is -2.24. The quantitative estimate of drug-likeness (QED) is 0.129. The van der Waals surface area contributed by atoms with Crippen LogP contribution in [0.3, 0.4) is 0 Å². The lowest BCUT2D eigenvalue weighted by Crippen LogP contribution is -2.11. The SMILES string of the molecule is Cc1cc(C)c(-c2ccc3c(c2)c2cc(-c4c(C)cc(C)cc4C)ccc2n3-c2ccncc2-c2cc(C(F)(F)F)cc(-c3cnccc3-n3c4ccc(-c5c(C)cc(C)cc5C)cc4c4cc(-c5c(C)cc(C)cc5C)ccc43)c2-n2c3ccc(-c4c(C)cc(C)cc4C)cc3c3cc(-c4c(C)cc(C)cc4C)ccc32)c(C)c1. The maximum absolute atomic E-state index is 17.3. The fourth-order valence-corrected chi connectivity index (χ4v) is 20.6. The van der Waals surface area contributed by atoms with Gasteiger partial charge in [-0.15, -0.1) is 0 Å². The Morgan fingerprint density at radius 1 is 0.226 bits per heavy atom. The molecule has 0 fully saturated rings. The summed E-state index contributed by atoms with van der Waals surface area (Å²) in [7, 11) is 0. The van der Waals surface area contributed by atoms with Crippen molar-refractivity contribution in [3.05, 3.63) is 337 Å². The summed E-state index contributed by atoms with van der Waals surface area (Å²) in [5.41, 5.74) is 42.5. The molecular weight excluding hydrogens is 1410 g/mol. The second kappa shape index (κ2) is 27.6. The molecule has 0 saturated carbocycles. The Kier molecular flexibility index (Phi) is 17.7. The monoisotopic (exact) mass is 1500 g/mol. The van der Waals surface area contributed by atoms with E-state index in [2.05, 4.69) is 320 Å². The Labute approximate surface area is 671 Å². The summed E-state index contributed by atoms with van der Waals surface area (Å²) >= 11 is 0. The van der Waals surface area contributed by atoms with E-state index in [1.807, 2.05) is 12.1 Å².